The van der Waals surface area contributed by atoms with Crippen LogP contribution in [-0.4, -0.2) is 53.0 Å². The highest BCUT2D eigenvalue weighted by Gasteiger charge is 2.23. The zero-order chi connectivity index (χ0) is 19.1. The lowest BCUT2D eigenvalue weighted by Gasteiger charge is -2.15. The molecule has 0 saturated carbocycles. The molecule has 0 spiro atoms. The molecule has 0 aromatic heterocycles. The van der Waals surface area contributed by atoms with E-state index in [1.807, 2.05) is 0 Å². The molecule has 1 aromatic rings. The first-order chi connectivity index (χ1) is 12.4. The smallest absolute Gasteiger partial charge is 0.342 e. The molecule has 0 amide bonds. The van der Waals surface area contributed by atoms with Crippen molar-refractivity contribution < 1.29 is 34.4 Å². The molecule has 0 aliphatic carbocycles. The molecule has 1 heterocycles. The van der Waals surface area contributed by atoms with E-state index in [9.17, 15) is 24.9 Å². The van der Waals surface area contributed by atoms with E-state index in [0.29, 0.717) is 30.6 Å². The highest BCUT2D eigenvalue weighted by molar-refractivity contribution is 5.95. The average molecular weight is 364 g/mol. The van der Waals surface area contributed by atoms with Gasteiger partial charge in [0.15, 0.2) is 5.78 Å². The molecule has 7 heteroatoms. The predicted octanol–water partition coefficient (Wildman–Crippen LogP) is 1.52. The number of aryl methyl sites for hydroxylation is 1. The second kappa shape index (κ2) is 9.35. The molecule has 2 atom stereocenters. The second-order valence-corrected chi connectivity index (χ2v) is 6.17. The van der Waals surface area contributed by atoms with Crippen LogP contribution in [0.1, 0.15) is 41.6 Å². The van der Waals surface area contributed by atoms with Crippen LogP contribution in [0.5, 0.6) is 11.5 Å². The maximum atomic E-state index is 12.3. The van der Waals surface area contributed by atoms with Gasteiger partial charge in [-0.1, -0.05) is 12.5 Å². The lowest BCUT2D eigenvalue weighted by atomic mass is 9.97. The Balaban J connectivity index is 2.25. The molecular weight excluding hydrogens is 340 g/mol. The van der Waals surface area contributed by atoms with Gasteiger partial charge in [0.05, 0.1) is 19.8 Å². The first kappa shape index (κ1) is 19.9. The number of phenols is 1. The fourth-order valence-corrected chi connectivity index (χ4v) is 2.81. The monoisotopic (exact) mass is 364 g/mol. The van der Waals surface area contributed by atoms with Crippen LogP contribution in [0, 0.1) is 0 Å². The number of esters is 1. The maximum Gasteiger partial charge on any atom is 0.342 e. The van der Waals surface area contributed by atoms with Crippen LogP contribution in [0.25, 0.3) is 0 Å². The van der Waals surface area contributed by atoms with E-state index >= 15 is 0 Å². The minimum absolute atomic E-state index is 0.0200. The molecule has 0 saturated heterocycles. The minimum Gasteiger partial charge on any atom is -0.507 e. The molecular formula is C19H24O7. The molecule has 7 nitrogen and oxygen atoms in total. The summed E-state index contributed by atoms with van der Waals surface area (Å²) in [4.78, 5) is 24.1. The lowest BCUT2D eigenvalue weighted by Crippen LogP contribution is -2.32. The molecule has 0 radical (unpaired) electrons. The van der Waals surface area contributed by atoms with Crippen molar-refractivity contribution in [2.24, 2.45) is 0 Å². The summed E-state index contributed by atoms with van der Waals surface area (Å²) in [6.07, 6.45) is 2.12. The summed E-state index contributed by atoms with van der Waals surface area (Å²) in [6.45, 7) is 0.0200. The number of methoxy groups -OCH3 is 1. The van der Waals surface area contributed by atoms with Crippen LogP contribution in [0.15, 0.2) is 24.3 Å². The summed E-state index contributed by atoms with van der Waals surface area (Å²) in [5.41, 5.74) is 0.685. The Morgan fingerprint density at radius 3 is 2.69 bits per heavy atom. The lowest BCUT2D eigenvalue weighted by molar-refractivity contribution is -0.128. The van der Waals surface area contributed by atoms with Crippen LogP contribution in [0.4, 0.5) is 0 Å². The molecule has 1 aromatic carbocycles. The number of ketones is 1. The number of rotatable bonds is 1. The molecule has 0 unspecified atom stereocenters. The largest absolute Gasteiger partial charge is 0.507 e. The third-order valence-corrected chi connectivity index (χ3v) is 4.26. The summed E-state index contributed by atoms with van der Waals surface area (Å²) in [5.74, 6) is -1.01. The SMILES string of the molecule is COc1cc(O)c2c(c1)CCCC[C@H](O)[C@H](O)C(=O)/C=C\CCOC2=O. The Bertz CT molecular complexity index is 681. The van der Waals surface area contributed by atoms with Gasteiger partial charge < -0.3 is 24.8 Å². The van der Waals surface area contributed by atoms with Crippen molar-refractivity contribution in [3.63, 3.8) is 0 Å². The van der Waals surface area contributed by atoms with E-state index in [1.54, 1.807) is 6.07 Å². The first-order valence-corrected chi connectivity index (χ1v) is 8.57. The normalized spacial score (nSPS) is 24.0. The quantitative estimate of drug-likeness (QED) is 0.648. The molecule has 26 heavy (non-hydrogen) atoms. The zero-order valence-corrected chi connectivity index (χ0v) is 14.7. The number of cyclic esters (lactones) is 1. The highest BCUT2D eigenvalue weighted by Crippen LogP contribution is 2.30. The number of benzene rings is 1. The van der Waals surface area contributed by atoms with Crippen LogP contribution in [0.2, 0.25) is 0 Å². The van der Waals surface area contributed by atoms with Crippen LogP contribution < -0.4 is 4.74 Å². The number of phenolic OH excluding ortho intramolecular Hbond substituents is 1. The summed E-state index contributed by atoms with van der Waals surface area (Å²) >= 11 is 0. The topological polar surface area (TPSA) is 113 Å². The second-order valence-electron chi connectivity index (χ2n) is 6.17. The van der Waals surface area contributed by atoms with Gasteiger partial charge in [0.25, 0.3) is 0 Å². The number of hydrogen-bond acceptors (Lipinski definition) is 7. The van der Waals surface area contributed by atoms with Gasteiger partial charge in [-0.25, -0.2) is 4.79 Å². The summed E-state index contributed by atoms with van der Waals surface area (Å²) in [5, 5.41) is 30.0. The Kier molecular flexibility index (Phi) is 7.17. The molecule has 1 aliphatic rings. The molecule has 0 bridgehead atoms. The van der Waals surface area contributed by atoms with Gasteiger partial charge >= 0.3 is 5.97 Å². The van der Waals surface area contributed by atoms with Crippen molar-refractivity contribution in [3.05, 3.63) is 35.4 Å². The van der Waals surface area contributed by atoms with Crippen molar-refractivity contribution in [3.8, 4) is 11.5 Å². The number of aliphatic hydroxyl groups is 2. The van der Waals surface area contributed by atoms with Crippen molar-refractivity contribution in [2.45, 2.75) is 44.3 Å². The number of ether oxygens (including phenoxy) is 2. The van der Waals surface area contributed by atoms with Crippen LogP contribution in [-0.2, 0) is 16.0 Å². The zero-order valence-electron chi connectivity index (χ0n) is 14.7. The van der Waals surface area contributed by atoms with E-state index < -0.39 is 24.0 Å². The maximum absolute atomic E-state index is 12.3. The Labute approximate surface area is 151 Å². The van der Waals surface area contributed by atoms with Gasteiger partial charge in [0, 0.05) is 6.07 Å². The van der Waals surface area contributed by atoms with E-state index in [-0.39, 0.29) is 30.8 Å². The molecule has 2 rings (SSSR count). The van der Waals surface area contributed by atoms with Crippen molar-refractivity contribution in [1.82, 2.24) is 0 Å². The highest BCUT2D eigenvalue weighted by atomic mass is 16.5. The summed E-state index contributed by atoms with van der Waals surface area (Å²) in [6, 6.07) is 3.02. The summed E-state index contributed by atoms with van der Waals surface area (Å²) in [7, 11) is 1.47. The standard InChI is InChI=1S/C19H24O7/c1-25-13-10-12-6-2-3-7-14(20)18(23)15(21)8-4-5-9-26-19(24)17(12)16(22)11-13/h4,8,10-11,14,18,20,22-23H,2-3,5-7,9H2,1H3/b8-4-/t14-,18-/m0/s1. The third kappa shape index (κ3) is 5.06. The predicted molar refractivity (Wildman–Crippen MR) is 93.3 cm³/mol. The van der Waals surface area contributed by atoms with Crippen LogP contribution >= 0.6 is 0 Å². The molecule has 1 aliphatic heterocycles. The van der Waals surface area contributed by atoms with Gasteiger partial charge in [0.2, 0.25) is 0 Å². The Morgan fingerprint density at radius 2 is 1.96 bits per heavy atom. The number of aliphatic hydroxyl groups excluding tert-OH is 2. The van der Waals surface area contributed by atoms with Gasteiger partial charge in [-0.05, 0) is 43.4 Å². The fraction of sp³-hybridized carbons (Fsp3) is 0.474. The Hall–Kier alpha value is -2.38. The van der Waals surface area contributed by atoms with Gasteiger partial charge in [-0.15, -0.1) is 0 Å². The Morgan fingerprint density at radius 1 is 1.19 bits per heavy atom. The van der Waals surface area contributed by atoms with Gasteiger partial charge in [-0.2, -0.15) is 0 Å². The van der Waals surface area contributed by atoms with Crippen molar-refractivity contribution in [1.29, 1.82) is 0 Å². The average Bonchev–Trinajstić information content (AvgIpc) is 2.62. The van der Waals surface area contributed by atoms with Gasteiger partial charge in [0.1, 0.15) is 23.2 Å². The first-order valence-electron chi connectivity index (χ1n) is 8.57. The van der Waals surface area contributed by atoms with E-state index in [1.165, 1.54) is 25.3 Å². The number of carbonyl (C=O) groups excluding carboxylic acids is 2. The molecule has 3 N–H and O–H groups in total. The van der Waals surface area contributed by atoms with Gasteiger partial charge in [-0.3, -0.25) is 4.79 Å². The van der Waals surface area contributed by atoms with E-state index in [2.05, 4.69) is 0 Å². The fourth-order valence-electron chi connectivity index (χ4n) is 2.81. The summed E-state index contributed by atoms with van der Waals surface area (Å²) < 4.78 is 10.3. The van der Waals surface area contributed by atoms with Crippen molar-refractivity contribution >= 4 is 11.8 Å². The van der Waals surface area contributed by atoms with E-state index in [0.717, 1.165) is 0 Å². The number of hydrogen-bond donors (Lipinski definition) is 3. The molecule has 0 fully saturated rings. The molecule has 142 valence electrons. The number of fused-ring (bicyclic) bond motifs is 1. The minimum atomic E-state index is -1.46. The number of aromatic hydroxyl groups is 1. The van der Waals surface area contributed by atoms with Crippen molar-refractivity contribution in [2.75, 3.05) is 13.7 Å². The third-order valence-electron chi connectivity index (χ3n) is 4.26. The van der Waals surface area contributed by atoms with Crippen LogP contribution in [0.3, 0.4) is 0 Å². The number of carbonyl (C=O) groups is 2. The van der Waals surface area contributed by atoms with E-state index in [4.69, 9.17) is 9.47 Å².